The first-order valence-corrected chi connectivity index (χ1v) is 15.9. The molecule has 214 valence electrons. The van der Waals surface area contributed by atoms with Gasteiger partial charge < -0.3 is 15.0 Å². The van der Waals surface area contributed by atoms with Gasteiger partial charge in [0, 0.05) is 63.4 Å². The number of piperazine rings is 1. The summed E-state index contributed by atoms with van der Waals surface area (Å²) in [4.78, 5) is 31.1. The van der Waals surface area contributed by atoms with Crippen LogP contribution in [0, 0.1) is 0 Å². The predicted octanol–water partition coefficient (Wildman–Crippen LogP) is 1.25. The molecule has 1 aromatic carbocycles. The van der Waals surface area contributed by atoms with Crippen molar-refractivity contribution in [3.63, 3.8) is 0 Å². The number of benzene rings is 1. The second-order valence-electron chi connectivity index (χ2n) is 11.7. The third-order valence-electron chi connectivity index (χ3n) is 8.62. The Balaban J connectivity index is 1.18. The zero-order valence-corrected chi connectivity index (χ0v) is 23.9. The number of piperidine rings is 1. The number of carbonyl (C=O) groups excluding carboxylic acids is 1. The molecule has 1 amide bonds. The molecule has 3 aliphatic rings. The number of hydrogen-bond donors (Lipinski definition) is 2. The number of hydrogen-bond acceptors (Lipinski definition) is 7. The van der Waals surface area contributed by atoms with Gasteiger partial charge in [0.05, 0.1) is 17.9 Å². The third kappa shape index (κ3) is 6.07. The van der Waals surface area contributed by atoms with Crippen LogP contribution < -0.4 is 10.9 Å². The molecular formula is C28H41N5O5S. The number of nitrogens with one attached hydrogen (secondary N) is 1. The number of β-amino-alcohol motifs (C(OH)–C–C–N with tert-alkyl or cyclic N) is 1. The minimum absolute atomic E-state index is 0.00849. The number of aliphatic hydroxyl groups is 1. The molecule has 0 aliphatic carbocycles. The molecule has 3 aliphatic heterocycles. The van der Waals surface area contributed by atoms with Gasteiger partial charge >= 0.3 is 0 Å². The lowest BCUT2D eigenvalue weighted by atomic mass is 9.96. The van der Waals surface area contributed by atoms with Gasteiger partial charge in [0.2, 0.25) is 10.0 Å². The number of para-hydroxylation sites is 1. The summed E-state index contributed by atoms with van der Waals surface area (Å²) >= 11 is 0. The minimum Gasteiger partial charge on any atom is -0.390 e. The molecule has 11 heteroatoms. The van der Waals surface area contributed by atoms with E-state index in [1.807, 2.05) is 38.1 Å². The largest absolute Gasteiger partial charge is 0.390 e. The van der Waals surface area contributed by atoms with Crippen LogP contribution in [-0.2, 0) is 10.0 Å². The van der Waals surface area contributed by atoms with Crippen LogP contribution in [0.2, 0.25) is 0 Å². The van der Waals surface area contributed by atoms with Crippen molar-refractivity contribution < 1.29 is 18.3 Å². The number of aromatic nitrogens is 1. The van der Waals surface area contributed by atoms with Crippen molar-refractivity contribution in [3.05, 3.63) is 46.2 Å². The average molecular weight is 560 g/mol. The molecule has 4 heterocycles. The Hall–Kier alpha value is -2.31. The predicted molar refractivity (Wildman–Crippen MR) is 151 cm³/mol. The summed E-state index contributed by atoms with van der Waals surface area (Å²) in [5.41, 5.74) is 0.752. The molecule has 2 aromatic rings. The summed E-state index contributed by atoms with van der Waals surface area (Å²) in [5, 5.41) is 14.9. The Kier molecular flexibility index (Phi) is 8.17. The molecule has 2 unspecified atom stereocenters. The fourth-order valence-corrected chi connectivity index (χ4v) is 7.58. The molecule has 2 N–H and O–H groups in total. The Morgan fingerprint density at radius 1 is 1.05 bits per heavy atom. The van der Waals surface area contributed by atoms with Crippen molar-refractivity contribution in [2.75, 3.05) is 45.5 Å². The van der Waals surface area contributed by atoms with Gasteiger partial charge in [-0.05, 0) is 57.0 Å². The van der Waals surface area contributed by atoms with E-state index >= 15 is 0 Å². The van der Waals surface area contributed by atoms with Crippen molar-refractivity contribution in [2.45, 2.75) is 69.8 Å². The van der Waals surface area contributed by atoms with E-state index in [-0.39, 0.29) is 41.2 Å². The number of rotatable bonds is 8. The Morgan fingerprint density at radius 3 is 2.31 bits per heavy atom. The van der Waals surface area contributed by atoms with Gasteiger partial charge in [0.15, 0.2) is 0 Å². The number of pyridine rings is 1. The second-order valence-corrected chi connectivity index (χ2v) is 13.7. The first kappa shape index (κ1) is 28.2. The fraction of sp³-hybridized carbons (Fsp3) is 0.643. The number of sulfonamides is 1. The van der Waals surface area contributed by atoms with Crippen LogP contribution in [0.3, 0.4) is 0 Å². The molecule has 3 fully saturated rings. The van der Waals surface area contributed by atoms with Gasteiger partial charge in [-0.2, -0.15) is 4.31 Å². The summed E-state index contributed by atoms with van der Waals surface area (Å²) in [7, 11) is -3.17. The van der Waals surface area contributed by atoms with Crippen LogP contribution in [0.4, 0.5) is 0 Å². The molecule has 0 spiro atoms. The van der Waals surface area contributed by atoms with Crippen LogP contribution in [0.15, 0.2) is 35.1 Å². The molecular weight excluding hydrogens is 518 g/mol. The molecule has 1 aromatic heterocycles. The van der Waals surface area contributed by atoms with E-state index < -0.39 is 16.1 Å². The second kappa shape index (κ2) is 11.3. The number of amides is 1. The molecule has 10 nitrogen and oxygen atoms in total. The topological polar surface area (TPSA) is 115 Å². The zero-order valence-electron chi connectivity index (χ0n) is 23.1. The maximum atomic E-state index is 13.3. The summed E-state index contributed by atoms with van der Waals surface area (Å²) in [5.74, 6) is -0.314. The quantitative estimate of drug-likeness (QED) is 0.500. The standard InChI is InChI=1S/C28H41N5O5S/c1-19(2)33-26-7-5-4-6-20(26)14-25(28(33)36)27(35)29-21-15-22-8-9-23(16-21)32(22)18-24(34)17-30-10-12-31(13-11-30)39(3,37)38/h4-7,14,19,21-24,34H,8-13,15-18H2,1-3H3,(H,29,35)/t21?,22?,23?,24-/m0/s1. The summed E-state index contributed by atoms with van der Waals surface area (Å²) in [6.07, 6.45) is 4.39. The van der Waals surface area contributed by atoms with Crippen LogP contribution >= 0.6 is 0 Å². The fourth-order valence-electron chi connectivity index (χ4n) is 6.76. The normalized spacial score (nSPS) is 25.8. The van der Waals surface area contributed by atoms with Crippen LogP contribution in [0.1, 0.15) is 55.9 Å². The minimum atomic E-state index is -3.17. The van der Waals surface area contributed by atoms with Crippen molar-refractivity contribution in [1.29, 1.82) is 0 Å². The highest BCUT2D eigenvalue weighted by Gasteiger charge is 2.42. The van der Waals surface area contributed by atoms with Crippen LogP contribution in [-0.4, -0.2) is 108 Å². The van der Waals surface area contributed by atoms with Gasteiger partial charge in [-0.3, -0.25) is 19.4 Å². The lowest BCUT2D eigenvalue weighted by molar-refractivity contribution is 0.0276. The highest BCUT2D eigenvalue weighted by Crippen LogP contribution is 2.36. The van der Waals surface area contributed by atoms with Gasteiger partial charge in [0.25, 0.3) is 11.5 Å². The summed E-state index contributed by atoms with van der Waals surface area (Å²) in [6.45, 7) is 7.17. The first-order valence-electron chi connectivity index (χ1n) is 14.1. The first-order chi connectivity index (χ1) is 18.5. The van der Waals surface area contributed by atoms with E-state index in [2.05, 4.69) is 15.1 Å². The smallest absolute Gasteiger partial charge is 0.264 e. The van der Waals surface area contributed by atoms with Gasteiger partial charge in [-0.25, -0.2) is 8.42 Å². The highest BCUT2D eigenvalue weighted by molar-refractivity contribution is 7.88. The maximum absolute atomic E-state index is 13.3. The molecule has 3 saturated heterocycles. The van der Waals surface area contributed by atoms with Gasteiger partial charge in [-0.15, -0.1) is 0 Å². The maximum Gasteiger partial charge on any atom is 0.264 e. The number of nitrogens with zero attached hydrogens (tertiary/aromatic N) is 4. The van der Waals surface area contributed by atoms with E-state index in [4.69, 9.17) is 0 Å². The zero-order chi connectivity index (χ0) is 27.9. The van der Waals surface area contributed by atoms with Gasteiger partial charge in [-0.1, -0.05) is 18.2 Å². The SMILES string of the molecule is CC(C)n1c(=O)c(C(=O)NC2CC3CCC(C2)N3C[C@@H](O)CN2CCN(S(C)(=O)=O)CC2)cc2ccccc21. The van der Waals surface area contributed by atoms with Crippen molar-refractivity contribution in [1.82, 2.24) is 24.0 Å². The summed E-state index contributed by atoms with van der Waals surface area (Å²) in [6, 6.07) is 9.87. The van der Waals surface area contributed by atoms with Crippen LogP contribution in [0.5, 0.6) is 0 Å². The number of carbonyl (C=O) groups is 1. The van der Waals surface area contributed by atoms with E-state index in [0.29, 0.717) is 39.3 Å². The van der Waals surface area contributed by atoms with E-state index in [9.17, 15) is 23.1 Å². The van der Waals surface area contributed by atoms with Gasteiger partial charge in [0.1, 0.15) is 5.56 Å². The summed E-state index contributed by atoms with van der Waals surface area (Å²) < 4.78 is 26.7. The monoisotopic (exact) mass is 559 g/mol. The van der Waals surface area contributed by atoms with E-state index in [1.165, 1.54) is 10.6 Å². The molecule has 5 rings (SSSR count). The molecule has 2 bridgehead atoms. The number of fused-ring (bicyclic) bond motifs is 3. The van der Waals surface area contributed by atoms with Crippen molar-refractivity contribution in [2.24, 2.45) is 0 Å². The Labute approximate surface area is 230 Å². The number of aliphatic hydroxyl groups excluding tert-OH is 1. The Morgan fingerprint density at radius 2 is 1.69 bits per heavy atom. The lowest BCUT2D eigenvalue weighted by Crippen LogP contribution is -2.55. The molecule has 0 saturated carbocycles. The lowest BCUT2D eigenvalue weighted by Gasteiger charge is -2.41. The van der Waals surface area contributed by atoms with E-state index in [1.54, 1.807) is 10.6 Å². The average Bonchev–Trinajstić information content (AvgIpc) is 3.10. The third-order valence-corrected chi connectivity index (χ3v) is 9.92. The molecule has 3 atom stereocenters. The Bertz CT molecular complexity index is 1350. The van der Waals surface area contributed by atoms with Crippen molar-refractivity contribution in [3.8, 4) is 0 Å². The van der Waals surface area contributed by atoms with E-state index in [0.717, 1.165) is 36.6 Å². The molecule has 0 radical (unpaired) electrons. The molecule has 39 heavy (non-hydrogen) atoms. The van der Waals surface area contributed by atoms with Crippen LogP contribution in [0.25, 0.3) is 10.9 Å². The highest BCUT2D eigenvalue weighted by atomic mass is 32.2. The van der Waals surface area contributed by atoms with Crippen molar-refractivity contribution >= 4 is 26.8 Å².